The van der Waals surface area contributed by atoms with Gasteiger partial charge in [-0.1, -0.05) is 24.3 Å². The van der Waals surface area contributed by atoms with Crippen molar-refractivity contribution in [2.75, 3.05) is 6.61 Å². The normalized spacial score (nSPS) is 10.4. The molecular weight excluding hydrogens is 216 g/mol. The van der Waals surface area contributed by atoms with Crippen molar-refractivity contribution in [1.82, 2.24) is 0 Å². The topological polar surface area (TPSA) is 46.5 Å². The second-order valence-electron chi connectivity index (χ2n) is 3.80. The number of fused-ring (bicyclic) bond motifs is 1. The number of benzene rings is 2. The van der Waals surface area contributed by atoms with Crippen LogP contribution in [0, 0.1) is 0 Å². The predicted molar refractivity (Wildman–Crippen MR) is 65.9 cm³/mol. The Bertz CT molecular complexity index is 546. The lowest BCUT2D eigenvalue weighted by Crippen LogP contribution is -2.07. The molecule has 0 aliphatic rings. The molecule has 3 heteroatoms. The van der Waals surface area contributed by atoms with Crippen molar-refractivity contribution in [3.05, 3.63) is 42.0 Å². The number of phenols is 1. The molecule has 17 heavy (non-hydrogen) atoms. The van der Waals surface area contributed by atoms with Crippen LogP contribution in [0.5, 0.6) is 5.75 Å². The largest absolute Gasteiger partial charge is 0.508 e. The molecule has 0 aromatic heterocycles. The van der Waals surface area contributed by atoms with Crippen LogP contribution in [0.3, 0.4) is 0 Å². The van der Waals surface area contributed by atoms with E-state index in [4.69, 9.17) is 4.74 Å². The summed E-state index contributed by atoms with van der Waals surface area (Å²) in [7, 11) is 0. The molecule has 0 saturated heterocycles. The fourth-order valence-corrected chi connectivity index (χ4v) is 1.85. The molecule has 0 aliphatic carbocycles. The van der Waals surface area contributed by atoms with Crippen LogP contribution in [-0.4, -0.2) is 17.7 Å². The first-order valence-corrected chi connectivity index (χ1v) is 5.57. The van der Waals surface area contributed by atoms with E-state index >= 15 is 0 Å². The van der Waals surface area contributed by atoms with Crippen molar-refractivity contribution >= 4 is 16.7 Å². The average molecular weight is 230 g/mol. The Labute approximate surface area is 99.6 Å². The first-order chi connectivity index (χ1) is 8.20. The Hall–Kier alpha value is -2.03. The second-order valence-corrected chi connectivity index (χ2v) is 3.80. The van der Waals surface area contributed by atoms with E-state index in [-0.39, 0.29) is 18.1 Å². The Morgan fingerprint density at radius 2 is 2.12 bits per heavy atom. The van der Waals surface area contributed by atoms with Crippen molar-refractivity contribution in [3.63, 3.8) is 0 Å². The summed E-state index contributed by atoms with van der Waals surface area (Å²) in [6.45, 7) is 2.17. The van der Waals surface area contributed by atoms with E-state index in [0.29, 0.717) is 6.61 Å². The first-order valence-electron chi connectivity index (χ1n) is 5.57. The molecule has 2 aromatic carbocycles. The summed E-state index contributed by atoms with van der Waals surface area (Å²) in [6, 6.07) is 10.9. The van der Waals surface area contributed by atoms with Crippen LogP contribution in [0.2, 0.25) is 0 Å². The van der Waals surface area contributed by atoms with E-state index in [1.165, 1.54) is 0 Å². The summed E-state index contributed by atoms with van der Waals surface area (Å²) in [6.07, 6.45) is 0.231. The van der Waals surface area contributed by atoms with E-state index < -0.39 is 0 Å². The fourth-order valence-electron chi connectivity index (χ4n) is 1.85. The Kier molecular flexibility index (Phi) is 3.28. The van der Waals surface area contributed by atoms with E-state index in [0.717, 1.165) is 16.3 Å². The number of carbonyl (C=O) groups is 1. The number of aromatic hydroxyl groups is 1. The van der Waals surface area contributed by atoms with Gasteiger partial charge in [0.25, 0.3) is 0 Å². The number of ether oxygens (including phenoxy) is 1. The van der Waals surface area contributed by atoms with Crippen molar-refractivity contribution < 1.29 is 14.6 Å². The molecule has 0 spiro atoms. The number of hydrogen-bond donors (Lipinski definition) is 1. The van der Waals surface area contributed by atoms with Gasteiger partial charge < -0.3 is 9.84 Å². The first kappa shape index (κ1) is 11.5. The molecule has 2 rings (SSSR count). The Balaban J connectivity index is 2.39. The maximum atomic E-state index is 11.5. The predicted octanol–water partition coefficient (Wildman–Crippen LogP) is 2.65. The molecule has 0 atom stereocenters. The van der Waals surface area contributed by atoms with Gasteiger partial charge in [-0.2, -0.15) is 0 Å². The van der Waals surface area contributed by atoms with Crippen LogP contribution in [0.15, 0.2) is 36.4 Å². The summed E-state index contributed by atoms with van der Waals surface area (Å²) in [5.74, 6) is -0.0443. The number of rotatable bonds is 3. The van der Waals surface area contributed by atoms with E-state index in [2.05, 4.69) is 0 Å². The van der Waals surface area contributed by atoms with Crippen LogP contribution in [0.25, 0.3) is 10.8 Å². The van der Waals surface area contributed by atoms with E-state index in [1.54, 1.807) is 19.1 Å². The molecule has 1 N–H and O–H groups in total. The number of phenolic OH excluding ortho intramolecular Hbond substituents is 1. The lowest BCUT2D eigenvalue weighted by atomic mass is 10.0. The molecule has 3 nitrogen and oxygen atoms in total. The summed E-state index contributed by atoms with van der Waals surface area (Å²) in [5, 5.41) is 11.4. The minimum atomic E-state index is -0.247. The molecule has 0 fully saturated rings. The highest BCUT2D eigenvalue weighted by Gasteiger charge is 2.07. The molecule has 0 heterocycles. The van der Waals surface area contributed by atoms with Crippen molar-refractivity contribution in [2.45, 2.75) is 13.3 Å². The lowest BCUT2D eigenvalue weighted by molar-refractivity contribution is -0.142. The zero-order chi connectivity index (χ0) is 12.3. The number of carbonyl (C=O) groups excluding carboxylic acids is 1. The van der Waals surface area contributed by atoms with Gasteiger partial charge in [0.1, 0.15) is 5.75 Å². The van der Waals surface area contributed by atoms with Crippen LogP contribution in [0.1, 0.15) is 12.5 Å². The quantitative estimate of drug-likeness (QED) is 0.824. The minimum Gasteiger partial charge on any atom is -0.508 e. The third-order valence-electron chi connectivity index (χ3n) is 2.60. The molecule has 88 valence electrons. The van der Waals surface area contributed by atoms with Crippen LogP contribution in [0.4, 0.5) is 0 Å². The summed E-state index contributed by atoms with van der Waals surface area (Å²) in [4.78, 5) is 11.5. The van der Waals surface area contributed by atoms with Crippen LogP contribution >= 0.6 is 0 Å². The maximum Gasteiger partial charge on any atom is 0.310 e. The SMILES string of the molecule is CCOC(=O)Cc1cccc2ccc(O)cc12. The molecule has 0 radical (unpaired) electrons. The van der Waals surface area contributed by atoms with Gasteiger partial charge in [-0.3, -0.25) is 4.79 Å². The molecule has 0 aliphatic heterocycles. The maximum absolute atomic E-state index is 11.5. The Morgan fingerprint density at radius 3 is 2.88 bits per heavy atom. The molecule has 0 amide bonds. The highest BCUT2D eigenvalue weighted by atomic mass is 16.5. The van der Waals surface area contributed by atoms with Gasteiger partial charge in [0.2, 0.25) is 0 Å². The zero-order valence-corrected chi connectivity index (χ0v) is 9.64. The van der Waals surface area contributed by atoms with Crippen molar-refractivity contribution in [2.24, 2.45) is 0 Å². The van der Waals surface area contributed by atoms with Gasteiger partial charge in [-0.15, -0.1) is 0 Å². The van der Waals surface area contributed by atoms with Gasteiger partial charge >= 0.3 is 5.97 Å². The average Bonchev–Trinajstić information content (AvgIpc) is 2.30. The molecular formula is C14H14O3. The van der Waals surface area contributed by atoms with Crippen LogP contribution < -0.4 is 0 Å². The van der Waals surface area contributed by atoms with Gasteiger partial charge in [-0.25, -0.2) is 0 Å². The molecule has 0 saturated carbocycles. The fraction of sp³-hybridized carbons (Fsp3) is 0.214. The van der Waals surface area contributed by atoms with Gasteiger partial charge in [0.15, 0.2) is 0 Å². The van der Waals surface area contributed by atoms with Gasteiger partial charge in [0.05, 0.1) is 13.0 Å². The minimum absolute atomic E-state index is 0.203. The third-order valence-corrected chi connectivity index (χ3v) is 2.60. The second kappa shape index (κ2) is 4.87. The van der Waals surface area contributed by atoms with Crippen molar-refractivity contribution in [1.29, 1.82) is 0 Å². The summed E-state index contributed by atoms with van der Waals surface area (Å²) >= 11 is 0. The zero-order valence-electron chi connectivity index (χ0n) is 9.64. The summed E-state index contributed by atoms with van der Waals surface area (Å²) < 4.78 is 4.92. The molecule has 2 aromatic rings. The highest BCUT2D eigenvalue weighted by molar-refractivity contribution is 5.90. The molecule has 0 unspecified atom stereocenters. The van der Waals surface area contributed by atoms with E-state index in [9.17, 15) is 9.90 Å². The monoisotopic (exact) mass is 230 g/mol. The smallest absolute Gasteiger partial charge is 0.310 e. The van der Waals surface area contributed by atoms with E-state index in [1.807, 2.05) is 24.3 Å². The Morgan fingerprint density at radius 1 is 1.29 bits per heavy atom. The standard InChI is InChI=1S/C14H14O3/c1-2-17-14(16)8-11-5-3-4-10-6-7-12(15)9-13(10)11/h3-7,9,15H,2,8H2,1H3. The van der Waals surface area contributed by atoms with Gasteiger partial charge in [-0.05, 0) is 35.4 Å². The number of hydrogen-bond acceptors (Lipinski definition) is 3. The van der Waals surface area contributed by atoms with Gasteiger partial charge in [0, 0.05) is 0 Å². The van der Waals surface area contributed by atoms with Crippen molar-refractivity contribution in [3.8, 4) is 5.75 Å². The number of esters is 1. The van der Waals surface area contributed by atoms with Crippen LogP contribution in [-0.2, 0) is 16.0 Å². The highest BCUT2D eigenvalue weighted by Crippen LogP contribution is 2.23. The molecule has 0 bridgehead atoms. The lowest BCUT2D eigenvalue weighted by Gasteiger charge is -2.06. The summed E-state index contributed by atoms with van der Waals surface area (Å²) in [5.41, 5.74) is 0.872. The third kappa shape index (κ3) is 2.56.